The number of ether oxygens (including phenoxy) is 7. The smallest absolute Gasteiger partial charge is 0.335 e. The van der Waals surface area contributed by atoms with Crippen LogP contribution in [0.5, 0.6) is 23.0 Å². The van der Waals surface area contributed by atoms with E-state index >= 15 is 0 Å². The summed E-state index contributed by atoms with van der Waals surface area (Å²) in [7, 11) is 0. The molecule has 0 aliphatic heterocycles. The second kappa shape index (κ2) is 20.3. The Morgan fingerprint density at radius 1 is 0.608 bits per heavy atom. The van der Waals surface area contributed by atoms with E-state index in [9.17, 15) is 23.6 Å². The fourth-order valence-corrected chi connectivity index (χ4v) is 3.80. The van der Waals surface area contributed by atoms with E-state index < -0.39 is 37.3 Å². The summed E-state index contributed by atoms with van der Waals surface area (Å²) in [6.07, 6.45) is 3.67. The Bertz CT molecular complexity index is 1900. The maximum atomic E-state index is 14.0. The molecule has 0 saturated heterocycles. The third kappa shape index (κ3) is 12.5. The Morgan fingerprint density at radius 2 is 1.06 bits per heavy atom. The molecule has 0 aliphatic rings. The standard InChI is InChI=1S/C39H31FO11/c1-5-35(41)48-24-45-30-16-10-27(11-17-30)9-15-29-23-34(47-26-50-37(43)7-3)33(39(32(29)21-22-40)51-38(44)8-4)20-14-28-12-18-31(19-13-28)46-25-49-36(42)6-2/h5-8,10-13,16-19,23H,1-4,21-22,24-26H2. The van der Waals surface area contributed by atoms with Crippen molar-refractivity contribution in [3.8, 4) is 46.7 Å². The van der Waals surface area contributed by atoms with Crippen molar-refractivity contribution in [1.82, 2.24) is 0 Å². The molecular weight excluding hydrogens is 663 g/mol. The molecule has 0 aliphatic carbocycles. The largest absolute Gasteiger partial charge is 0.457 e. The Hall–Kier alpha value is -7.05. The first kappa shape index (κ1) is 38.4. The average molecular weight is 695 g/mol. The van der Waals surface area contributed by atoms with Crippen molar-refractivity contribution < 1.29 is 56.7 Å². The minimum Gasteiger partial charge on any atom is -0.457 e. The van der Waals surface area contributed by atoms with Gasteiger partial charge in [0.2, 0.25) is 20.4 Å². The van der Waals surface area contributed by atoms with Gasteiger partial charge < -0.3 is 33.2 Å². The molecular formula is C39H31FO11. The molecule has 0 radical (unpaired) electrons. The number of carbonyl (C=O) groups is 4. The molecule has 260 valence electrons. The van der Waals surface area contributed by atoms with Crippen molar-refractivity contribution in [3.05, 3.63) is 133 Å². The van der Waals surface area contributed by atoms with Crippen LogP contribution in [0.15, 0.2) is 105 Å². The number of esters is 4. The first-order valence-corrected chi connectivity index (χ1v) is 14.8. The molecule has 0 spiro atoms. The van der Waals surface area contributed by atoms with Gasteiger partial charge in [-0.3, -0.25) is 4.39 Å². The summed E-state index contributed by atoms with van der Waals surface area (Å²) in [5.41, 5.74) is 1.48. The summed E-state index contributed by atoms with van der Waals surface area (Å²) in [6.45, 7) is 11.3. The molecule has 0 N–H and O–H groups in total. The SMILES string of the molecule is C=CC(=O)OCOc1ccc(C#Cc2cc(OCOC(=O)C=C)c(C#Cc3ccc(OCOC(=O)C=C)cc3)c(OC(=O)C=C)c2CCF)cc1. The number of benzene rings is 3. The van der Waals surface area contributed by atoms with Crippen LogP contribution in [0.2, 0.25) is 0 Å². The fourth-order valence-electron chi connectivity index (χ4n) is 3.80. The number of halogens is 1. The molecule has 0 amide bonds. The van der Waals surface area contributed by atoms with Crippen molar-refractivity contribution in [2.45, 2.75) is 6.42 Å². The predicted octanol–water partition coefficient (Wildman–Crippen LogP) is 5.29. The van der Waals surface area contributed by atoms with Crippen LogP contribution in [-0.2, 0) is 39.8 Å². The first-order valence-electron chi connectivity index (χ1n) is 14.8. The van der Waals surface area contributed by atoms with Gasteiger partial charge in [-0.1, -0.05) is 50.0 Å². The van der Waals surface area contributed by atoms with E-state index in [1.54, 1.807) is 48.5 Å². The lowest BCUT2D eigenvalue weighted by molar-refractivity contribution is -0.145. The average Bonchev–Trinajstić information content (AvgIpc) is 3.15. The fraction of sp³-hybridized carbons (Fsp3) is 0.128. The number of alkyl halides is 1. The van der Waals surface area contributed by atoms with Crippen LogP contribution in [0, 0.1) is 23.7 Å². The number of hydrogen-bond donors (Lipinski definition) is 0. The summed E-state index contributed by atoms with van der Waals surface area (Å²) in [5, 5.41) is 0. The van der Waals surface area contributed by atoms with Crippen molar-refractivity contribution in [1.29, 1.82) is 0 Å². The summed E-state index contributed by atoms with van der Waals surface area (Å²) in [4.78, 5) is 46.7. The maximum Gasteiger partial charge on any atom is 0.335 e. The van der Waals surface area contributed by atoms with Gasteiger partial charge in [0.25, 0.3) is 0 Å². The highest BCUT2D eigenvalue weighted by molar-refractivity contribution is 5.85. The van der Waals surface area contributed by atoms with Crippen molar-refractivity contribution in [2.75, 3.05) is 27.1 Å². The monoisotopic (exact) mass is 694 g/mol. The number of hydrogen-bond acceptors (Lipinski definition) is 11. The molecule has 3 aromatic carbocycles. The van der Waals surface area contributed by atoms with Gasteiger partial charge in [-0.05, 0) is 54.6 Å². The van der Waals surface area contributed by atoms with Gasteiger partial charge in [0, 0.05) is 53.0 Å². The van der Waals surface area contributed by atoms with Gasteiger partial charge in [0.05, 0.1) is 6.67 Å². The van der Waals surface area contributed by atoms with E-state index in [4.69, 9.17) is 33.2 Å². The highest BCUT2D eigenvalue weighted by Gasteiger charge is 2.21. The first-order chi connectivity index (χ1) is 24.7. The zero-order valence-electron chi connectivity index (χ0n) is 27.2. The van der Waals surface area contributed by atoms with Gasteiger partial charge in [-0.25, -0.2) is 19.2 Å². The van der Waals surface area contributed by atoms with Gasteiger partial charge in [-0.15, -0.1) is 0 Å². The molecule has 3 rings (SSSR count). The van der Waals surface area contributed by atoms with Crippen LogP contribution in [0.1, 0.15) is 27.8 Å². The normalized spacial score (nSPS) is 9.59. The van der Waals surface area contributed by atoms with Gasteiger partial charge >= 0.3 is 23.9 Å². The van der Waals surface area contributed by atoms with Crippen LogP contribution in [0.25, 0.3) is 0 Å². The Labute approximate surface area is 293 Å². The van der Waals surface area contributed by atoms with E-state index in [0.29, 0.717) is 22.6 Å². The van der Waals surface area contributed by atoms with Gasteiger partial charge in [0.1, 0.15) is 22.8 Å². The van der Waals surface area contributed by atoms with Crippen LogP contribution < -0.4 is 18.9 Å². The molecule has 0 saturated carbocycles. The van der Waals surface area contributed by atoms with Crippen molar-refractivity contribution in [2.24, 2.45) is 0 Å². The number of rotatable bonds is 16. The van der Waals surface area contributed by atoms with Crippen molar-refractivity contribution in [3.63, 3.8) is 0 Å². The van der Waals surface area contributed by atoms with E-state index in [2.05, 4.69) is 50.0 Å². The summed E-state index contributed by atoms with van der Waals surface area (Å²) >= 11 is 0. The molecule has 0 bridgehead atoms. The quantitative estimate of drug-likeness (QED) is 0.0484. The lowest BCUT2D eigenvalue weighted by atomic mass is 9.98. The maximum absolute atomic E-state index is 14.0. The molecule has 51 heavy (non-hydrogen) atoms. The van der Waals surface area contributed by atoms with Crippen LogP contribution in [-0.4, -0.2) is 50.9 Å². The minimum absolute atomic E-state index is 0.0000556. The third-order valence-corrected chi connectivity index (χ3v) is 6.21. The molecule has 0 fully saturated rings. The highest BCUT2D eigenvalue weighted by Crippen LogP contribution is 2.36. The number of carbonyl (C=O) groups excluding carboxylic acids is 4. The third-order valence-electron chi connectivity index (χ3n) is 6.21. The summed E-state index contributed by atoms with van der Waals surface area (Å²) in [5.74, 6) is 9.51. The molecule has 0 atom stereocenters. The van der Waals surface area contributed by atoms with Crippen molar-refractivity contribution >= 4 is 23.9 Å². The van der Waals surface area contributed by atoms with E-state index in [-0.39, 0.29) is 48.2 Å². The minimum atomic E-state index is -0.861. The van der Waals surface area contributed by atoms with Crippen LogP contribution >= 0.6 is 0 Å². The Morgan fingerprint density at radius 3 is 1.51 bits per heavy atom. The molecule has 12 heteroatoms. The van der Waals surface area contributed by atoms with E-state index in [1.807, 2.05) is 0 Å². The topological polar surface area (TPSA) is 133 Å². The van der Waals surface area contributed by atoms with Gasteiger partial charge in [-0.2, -0.15) is 0 Å². The summed E-state index contributed by atoms with van der Waals surface area (Å²) in [6, 6.07) is 14.3. The zero-order chi connectivity index (χ0) is 37.0. The molecule has 0 unspecified atom stereocenters. The zero-order valence-corrected chi connectivity index (χ0v) is 27.2. The second-order valence-electron chi connectivity index (χ2n) is 9.51. The lowest BCUT2D eigenvalue weighted by Gasteiger charge is -2.17. The molecule has 3 aromatic rings. The molecule has 11 nitrogen and oxygen atoms in total. The molecule has 0 heterocycles. The molecule has 0 aromatic heterocycles. The Kier molecular flexibility index (Phi) is 15.3. The van der Waals surface area contributed by atoms with E-state index in [0.717, 1.165) is 24.3 Å². The van der Waals surface area contributed by atoms with Crippen LogP contribution in [0.4, 0.5) is 4.39 Å². The van der Waals surface area contributed by atoms with Crippen LogP contribution in [0.3, 0.4) is 0 Å². The Balaban J connectivity index is 2.06. The second-order valence-corrected chi connectivity index (χ2v) is 9.51. The van der Waals surface area contributed by atoms with Gasteiger partial charge in [0.15, 0.2) is 5.75 Å². The lowest BCUT2D eigenvalue weighted by Crippen LogP contribution is -2.12. The summed E-state index contributed by atoms with van der Waals surface area (Å²) < 4.78 is 50.6. The van der Waals surface area contributed by atoms with E-state index in [1.165, 1.54) is 6.07 Å². The highest BCUT2D eigenvalue weighted by atomic mass is 19.1. The predicted molar refractivity (Wildman–Crippen MR) is 182 cm³/mol.